The van der Waals surface area contributed by atoms with Crippen molar-refractivity contribution >= 4 is 48.6 Å². The Balaban J connectivity index is 2.14. The number of hydrogen-bond donors (Lipinski definition) is 2. The van der Waals surface area contributed by atoms with E-state index in [9.17, 15) is 17.4 Å². The Kier molecular flexibility index (Phi) is 9.12. The molecule has 1 unspecified atom stereocenters. The molecule has 0 aliphatic heterocycles. The van der Waals surface area contributed by atoms with E-state index in [4.69, 9.17) is 16.4 Å². The van der Waals surface area contributed by atoms with E-state index in [1.807, 2.05) is 0 Å². The highest BCUT2D eigenvalue weighted by Crippen LogP contribution is 2.27. The molecule has 2 N–H and O–H groups in total. The van der Waals surface area contributed by atoms with Crippen LogP contribution in [-0.4, -0.2) is 37.6 Å². The van der Waals surface area contributed by atoms with E-state index < -0.39 is 25.7 Å². The number of sulfonamides is 1. The zero-order chi connectivity index (χ0) is 23.9. The number of amides is 1. The summed E-state index contributed by atoms with van der Waals surface area (Å²) in [7, 11) is -5.13. The second kappa shape index (κ2) is 11.2. The van der Waals surface area contributed by atoms with Crippen molar-refractivity contribution in [3.8, 4) is 0 Å². The average Bonchev–Trinajstić information content (AvgIpc) is 2.72. The first-order valence-corrected chi connectivity index (χ1v) is 14.3. The van der Waals surface area contributed by atoms with Gasteiger partial charge in [0.2, 0.25) is 10.0 Å². The lowest BCUT2D eigenvalue weighted by atomic mass is 10.1. The van der Waals surface area contributed by atoms with Crippen LogP contribution in [0.25, 0.3) is 0 Å². The Morgan fingerprint density at radius 3 is 2.25 bits per heavy atom. The number of nitrogens with one attached hydrogen (secondary N) is 2. The van der Waals surface area contributed by atoms with E-state index in [1.54, 1.807) is 24.3 Å². The Morgan fingerprint density at radius 1 is 1.03 bits per heavy atom. The third-order valence-electron chi connectivity index (χ3n) is 5.07. The summed E-state index contributed by atoms with van der Waals surface area (Å²) in [6.45, 7) is 2.13. The molecule has 0 fully saturated rings. The van der Waals surface area contributed by atoms with Crippen molar-refractivity contribution in [2.45, 2.75) is 43.9 Å². The number of unbranched alkanes of at least 4 members (excludes halogenated alkanes) is 4. The third kappa shape index (κ3) is 7.21. The van der Waals surface area contributed by atoms with Crippen LogP contribution < -0.4 is 9.62 Å². The lowest BCUT2D eigenvalue weighted by molar-refractivity contribution is 0.102. The molecule has 2 aromatic carbocycles. The van der Waals surface area contributed by atoms with Gasteiger partial charge in [0.15, 0.2) is 0 Å². The molecule has 0 radical (unpaired) electrons. The van der Waals surface area contributed by atoms with Gasteiger partial charge in [0.05, 0.1) is 27.2 Å². The number of hydrogen-bond acceptors (Lipinski definition) is 5. The van der Waals surface area contributed by atoms with Gasteiger partial charge in [-0.05, 0) is 48.9 Å². The Labute approximate surface area is 196 Å². The Bertz CT molecular complexity index is 1150. The van der Waals surface area contributed by atoms with Crippen molar-refractivity contribution in [2.75, 3.05) is 28.7 Å². The first-order valence-electron chi connectivity index (χ1n) is 10.4. The maximum atomic E-state index is 12.8. The molecule has 2 aromatic rings. The largest absolute Gasteiger partial charge is 0.322 e. The van der Waals surface area contributed by atoms with Crippen molar-refractivity contribution in [1.82, 2.24) is 0 Å². The zero-order valence-electron chi connectivity index (χ0n) is 18.6. The summed E-state index contributed by atoms with van der Waals surface area (Å²) in [6, 6.07) is 10.7. The fourth-order valence-corrected chi connectivity index (χ4v) is 5.22. The fourth-order valence-electron chi connectivity index (χ4n) is 3.12. The molecule has 0 saturated heterocycles. The lowest BCUT2D eigenvalue weighted by Gasteiger charge is -2.20. The number of rotatable bonds is 11. The Hall–Kier alpha value is -2.10. The van der Waals surface area contributed by atoms with Gasteiger partial charge in [-0.3, -0.25) is 9.10 Å². The van der Waals surface area contributed by atoms with E-state index in [2.05, 4.69) is 12.2 Å². The minimum Gasteiger partial charge on any atom is -0.322 e. The minimum absolute atomic E-state index is 0.141. The highest BCUT2D eigenvalue weighted by atomic mass is 35.5. The summed E-state index contributed by atoms with van der Waals surface area (Å²) in [5.41, 5.74) is 0.744. The van der Waals surface area contributed by atoms with Gasteiger partial charge in [0.1, 0.15) is 0 Å². The van der Waals surface area contributed by atoms with Gasteiger partial charge >= 0.3 is 0 Å². The molecule has 1 amide bonds. The zero-order valence-corrected chi connectivity index (χ0v) is 20.9. The average molecular weight is 500 g/mol. The van der Waals surface area contributed by atoms with Crippen LogP contribution in [0.15, 0.2) is 47.4 Å². The number of carbonyl (C=O) groups excluding carboxylic acids is 1. The molecule has 7 nitrogen and oxygen atoms in total. The summed E-state index contributed by atoms with van der Waals surface area (Å²) < 4.78 is 45.8. The van der Waals surface area contributed by atoms with Gasteiger partial charge in [-0.1, -0.05) is 44.2 Å². The van der Waals surface area contributed by atoms with Gasteiger partial charge in [-0.2, -0.15) is 0 Å². The molecular formula is C22H30ClN3O4S2. The van der Waals surface area contributed by atoms with Gasteiger partial charge in [-0.15, -0.1) is 0 Å². The summed E-state index contributed by atoms with van der Waals surface area (Å²) in [5.74, 6) is -0.198. The highest BCUT2D eigenvalue weighted by molar-refractivity contribution is 7.92. The van der Waals surface area contributed by atoms with Crippen LogP contribution in [0.2, 0.25) is 5.02 Å². The van der Waals surface area contributed by atoms with E-state index in [0.717, 1.165) is 42.7 Å². The lowest BCUT2D eigenvalue weighted by Crippen LogP contribution is -2.27. The predicted octanol–water partition coefficient (Wildman–Crippen LogP) is 5.36. The molecule has 0 heterocycles. The molecule has 10 heteroatoms. The van der Waals surface area contributed by atoms with Crippen LogP contribution in [0.1, 0.15) is 49.4 Å². The molecule has 1 atom stereocenters. The molecule has 2 rings (SSSR count). The summed E-state index contributed by atoms with van der Waals surface area (Å²) in [4.78, 5) is 13.2. The summed E-state index contributed by atoms with van der Waals surface area (Å²) >= 11 is 6.00. The molecule has 0 bridgehead atoms. The van der Waals surface area contributed by atoms with E-state index >= 15 is 0 Å². The second-order valence-corrected chi connectivity index (χ2v) is 12.3. The highest BCUT2D eigenvalue weighted by Gasteiger charge is 2.20. The van der Waals surface area contributed by atoms with Crippen molar-refractivity contribution in [3.05, 3.63) is 53.1 Å². The second-order valence-electron chi connectivity index (χ2n) is 7.66. The number of carbonyl (C=O) groups is 1. The molecule has 0 spiro atoms. The van der Waals surface area contributed by atoms with Crippen LogP contribution in [0.4, 0.5) is 11.4 Å². The minimum atomic E-state index is -3.59. The topological polar surface area (TPSA) is 107 Å². The maximum Gasteiger partial charge on any atom is 0.257 e. The molecule has 0 aliphatic rings. The summed E-state index contributed by atoms with van der Waals surface area (Å²) in [5, 5.41) is 3.01. The fraction of sp³-hybridized carbons (Fsp3) is 0.409. The number of benzene rings is 2. The van der Waals surface area contributed by atoms with E-state index in [0.29, 0.717) is 21.4 Å². The van der Waals surface area contributed by atoms with Crippen LogP contribution in [0.5, 0.6) is 0 Å². The SMILES string of the molecule is CCCCCCCS(=N)(=O)c1ccc(NC(=O)c2ccc(Cl)cc2N(C)S(C)(=O)=O)cc1. The molecule has 0 aromatic heterocycles. The van der Waals surface area contributed by atoms with Crippen molar-refractivity contribution in [3.63, 3.8) is 0 Å². The monoisotopic (exact) mass is 499 g/mol. The smallest absolute Gasteiger partial charge is 0.257 e. The van der Waals surface area contributed by atoms with Crippen LogP contribution in [0, 0.1) is 4.78 Å². The van der Waals surface area contributed by atoms with Gasteiger partial charge in [-0.25, -0.2) is 17.4 Å². The molecule has 0 saturated carbocycles. The normalized spacial score (nSPS) is 13.4. The first-order chi connectivity index (χ1) is 15.0. The summed E-state index contributed by atoms with van der Waals surface area (Å²) in [6.07, 6.45) is 6.10. The third-order valence-corrected chi connectivity index (χ3v) is 8.39. The van der Waals surface area contributed by atoms with Gasteiger partial charge in [0, 0.05) is 28.4 Å². The molecule has 176 valence electrons. The quantitative estimate of drug-likeness (QED) is 0.405. The van der Waals surface area contributed by atoms with E-state index in [-0.39, 0.29) is 11.3 Å². The van der Waals surface area contributed by atoms with Crippen LogP contribution in [0.3, 0.4) is 0 Å². The standard InChI is InChI=1S/C22H30ClN3O4S2/c1-4-5-6-7-8-15-32(24,30)19-12-10-18(11-13-19)25-22(27)20-14-9-17(23)16-21(20)26(2)31(3,28)29/h9-14,16,24H,4-8,15H2,1-3H3,(H,25,27). The van der Waals surface area contributed by atoms with Crippen molar-refractivity contribution < 1.29 is 17.4 Å². The van der Waals surface area contributed by atoms with Crippen LogP contribution in [-0.2, 0) is 19.8 Å². The molecular weight excluding hydrogens is 470 g/mol. The first kappa shape index (κ1) is 26.2. The van der Waals surface area contributed by atoms with Gasteiger partial charge < -0.3 is 5.32 Å². The number of anilines is 2. The van der Waals surface area contributed by atoms with Crippen molar-refractivity contribution in [1.29, 1.82) is 4.78 Å². The number of nitrogens with zero attached hydrogens (tertiary/aromatic N) is 1. The Morgan fingerprint density at radius 2 is 1.66 bits per heavy atom. The number of halogens is 1. The van der Waals surface area contributed by atoms with Crippen LogP contribution >= 0.6 is 11.6 Å². The maximum absolute atomic E-state index is 12.8. The van der Waals surface area contributed by atoms with Gasteiger partial charge in [0.25, 0.3) is 5.91 Å². The van der Waals surface area contributed by atoms with Crippen molar-refractivity contribution in [2.24, 2.45) is 0 Å². The molecule has 0 aliphatic carbocycles. The predicted molar refractivity (Wildman–Crippen MR) is 132 cm³/mol. The molecule has 32 heavy (non-hydrogen) atoms. The van der Waals surface area contributed by atoms with E-state index in [1.165, 1.54) is 25.2 Å².